The molecule has 3 rings (SSSR count). The number of carbonyl (C=O) groups is 2. The molecule has 2 aromatic carbocycles. The van der Waals surface area contributed by atoms with E-state index in [0.29, 0.717) is 17.8 Å². The summed E-state index contributed by atoms with van der Waals surface area (Å²) in [5.41, 5.74) is 6.93. The van der Waals surface area contributed by atoms with Gasteiger partial charge in [-0.3, -0.25) is 20.4 Å². The second-order valence-corrected chi connectivity index (χ2v) is 5.28. The molecule has 0 saturated carbocycles. The monoisotopic (exact) mass is 319 g/mol. The van der Waals surface area contributed by atoms with Gasteiger partial charge in [0.1, 0.15) is 5.69 Å². The lowest BCUT2D eigenvalue weighted by molar-refractivity contribution is 0.0841. The molecule has 24 heavy (non-hydrogen) atoms. The minimum Gasteiger partial charge on any atom is -0.339 e. The van der Waals surface area contributed by atoms with Gasteiger partial charge in [-0.05, 0) is 29.8 Å². The van der Waals surface area contributed by atoms with Crippen molar-refractivity contribution in [1.29, 1.82) is 0 Å². The van der Waals surface area contributed by atoms with Crippen LogP contribution in [0.3, 0.4) is 0 Å². The van der Waals surface area contributed by atoms with Crippen molar-refractivity contribution in [3.63, 3.8) is 0 Å². The Morgan fingerprint density at radius 3 is 2.08 bits per heavy atom. The molecule has 3 aromatic rings. The van der Waals surface area contributed by atoms with Crippen molar-refractivity contribution in [2.24, 2.45) is 0 Å². The van der Waals surface area contributed by atoms with E-state index in [9.17, 15) is 9.59 Å². The lowest BCUT2D eigenvalue weighted by atomic mass is 10.2. The van der Waals surface area contributed by atoms with Crippen molar-refractivity contribution in [1.82, 2.24) is 15.4 Å². The number of amides is 2. The Bertz CT molecular complexity index is 826. The average Bonchev–Trinajstić information content (AvgIpc) is 3.09. The maximum Gasteiger partial charge on any atom is 0.286 e. The molecule has 1 aromatic heterocycles. The Morgan fingerprint density at radius 2 is 1.38 bits per heavy atom. The molecule has 5 nitrogen and oxygen atoms in total. The summed E-state index contributed by atoms with van der Waals surface area (Å²) >= 11 is 0. The van der Waals surface area contributed by atoms with E-state index in [1.165, 1.54) is 0 Å². The number of benzene rings is 2. The molecule has 0 spiro atoms. The molecule has 0 radical (unpaired) electrons. The van der Waals surface area contributed by atoms with Crippen LogP contribution in [-0.4, -0.2) is 16.4 Å². The van der Waals surface area contributed by atoms with Gasteiger partial charge in [0.05, 0.1) is 0 Å². The van der Waals surface area contributed by atoms with Crippen molar-refractivity contribution in [3.05, 3.63) is 95.8 Å². The fraction of sp³-hybridized carbons (Fsp3) is 0.0526. The summed E-state index contributed by atoms with van der Waals surface area (Å²) in [4.78, 5) is 24.3. The maximum absolute atomic E-state index is 12.3. The van der Waals surface area contributed by atoms with Crippen molar-refractivity contribution in [3.8, 4) is 0 Å². The third kappa shape index (κ3) is 3.70. The zero-order valence-corrected chi connectivity index (χ0v) is 13.0. The van der Waals surface area contributed by atoms with Gasteiger partial charge in [0.25, 0.3) is 11.8 Å². The number of hydrogen-bond acceptors (Lipinski definition) is 2. The van der Waals surface area contributed by atoms with Crippen LogP contribution in [0.1, 0.15) is 26.4 Å². The summed E-state index contributed by atoms with van der Waals surface area (Å²) in [7, 11) is 0. The summed E-state index contributed by atoms with van der Waals surface area (Å²) in [5, 5.41) is 0. The van der Waals surface area contributed by atoms with Crippen LogP contribution >= 0.6 is 0 Å². The van der Waals surface area contributed by atoms with Crippen LogP contribution in [0.2, 0.25) is 0 Å². The highest BCUT2D eigenvalue weighted by Crippen LogP contribution is 2.07. The summed E-state index contributed by atoms with van der Waals surface area (Å²) in [6, 6.07) is 22.1. The molecular weight excluding hydrogens is 302 g/mol. The smallest absolute Gasteiger partial charge is 0.286 e. The van der Waals surface area contributed by atoms with E-state index in [-0.39, 0.29) is 11.8 Å². The number of hydrogen-bond donors (Lipinski definition) is 2. The van der Waals surface area contributed by atoms with E-state index < -0.39 is 0 Å². The van der Waals surface area contributed by atoms with E-state index in [1.54, 1.807) is 36.4 Å². The molecular formula is C19H17N3O2. The molecule has 0 bridgehead atoms. The number of rotatable bonds is 4. The molecule has 120 valence electrons. The number of carbonyl (C=O) groups excluding carboxylic acids is 2. The van der Waals surface area contributed by atoms with Crippen LogP contribution in [0.4, 0.5) is 0 Å². The third-order valence-electron chi connectivity index (χ3n) is 3.58. The van der Waals surface area contributed by atoms with Crippen LogP contribution in [0.15, 0.2) is 79.0 Å². The quantitative estimate of drug-likeness (QED) is 0.726. The Hall–Kier alpha value is -3.34. The van der Waals surface area contributed by atoms with Gasteiger partial charge >= 0.3 is 0 Å². The number of aromatic nitrogens is 1. The second kappa shape index (κ2) is 7.28. The van der Waals surface area contributed by atoms with Gasteiger partial charge in [-0.2, -0.15) is 0 Å². The van der Waals surface area contributed by atoms with Gasteiger partial charge in [0, 0.05) is 18.3 Å². The first-order valence-electron chi connectivity index (χ1n) is 7.59. The van der Waals surface area contributed by atoms with E-state index in [0.717, 1.165) is 5.56 Å². The lowest BCUT2D eigenvalue weighted by Crippen LogP contribution is -2.42. The van der Waals surface area contributed by atoms with Gasteiger partial charge < -0.3 is 4.57 Å². The zero-order valence-electron chi connectivity index (χ0n) is 13.0. The molecule has 2 N–H and O–H groups in total. The molecule has 0 aliphatic rings. The fourth-order valence-electron chi connectivity index (χ4n) is 2.38. The first-order chi connectivity index (χ1) is 11.7. The first kappa shape index (κ1) is 15.6. The Balaban J connectivity index is 1.64. The van der Waals surface area contributed by atoms with Crippen molar-refractivity contribution >= 4 is 11.8 Å². The first-order valence-corrected chi connectivity index (χ1v) is 7.59. The molecule has 1 heterocycles. The highest BCUT2D eigenvalue weighted by atomic mass is 16.2. The number of nitrogens with one attached hydrogen (secondary N) is 2. The molecule has 2 amide bonds. The van der Waals surface area contributed by atoms with Gasteiger partial charge in [0.2, 0.25) is 0 Å². The highest BCUT2D eigenvalue weighted by Gasteiger charge is 2.12. The Morgan fingerprint density at radius 1 is 0.750 bits per heavy atom. The maximum atomic E-state index is 12.3. The molecule has 0 fully saturated rings. The van der Waals surface area contributed by atoms with Crippen LogP contribution in [-0.2, 0) is 6.54 Å². The normalized spacial score (nSPS) is 10.2. The van der Waals surface area contributed by atoms with E-state index in [1.807, 2.05) is 47.2 Å². The highest BCUT2D eigenvalue weighted by molar-refractivity contribution is 5.98. The van der Waals surface area contributed by atoms with Gasteiger partial charge in [0.15, 0.2) is 0 Å². The van der Waals surface area contributed by atoms with E-state index in [2.05, 4.69) is 10.9 Å². The van der Waals surface area contributed by atoms with Crippen molar-refractivity contribution < 1.29 is 9.59 Å². The van der Waals surface area contributed by atoms with Gasteiger partial charge in [-0.1, -0.05) is 48.5 Å². The molecule has 0 aliphatic heterocycles. The summed E-state index contributed by atoms with van der Waals surface area (Å²) in [6.45, 7) is 0.587. The van der Waals surface area contributed by atoms with Crippen LogP contribution in [0, 0.1) is 0 Å². The predicted molar refractivity (Wildman–Crippen MR) is 91.4 cm³/mol. The summed E-state index contributed by atoms with van der Waals surface area (Å²) < 4.78 is 1.83. The Labute approximate surface area is 139 Å². The summed E-state index contributed by atoms with van der Waals surface area (Å²) in [5.74, 6) is -0.717. The second-order valence-electron chi connectivity index (χ2n) is 5.28. The largest absolute Gasteiger partial charge is 0.339 e. The van der Waals surface area contributed by atoms with E-state index in [4.69, 9.17) is 0 Å². The van der Waals surface area contributed by atoms with Crippen molar-refractivity contribution in [2.75, 3.05) is 0 Å². The zero-order chi connectivity index (χ0) is 16.8. The molecule has 0 saturated heterocycles. The van der Waals surface area contributed by atoms with E-state index >= 15 is 0 Å². The molecule has 0 aliphatic carbocycles. The topological polar surface area (TPSA) is 63.1 Å². The molecule has 0 atom stereocenters. The van der Waals surface area contributed by atoms with Crippen molar-refractivity contribution in [2.45, 2.75) is 6.54 Å². The third-order valence-corrected chi connectivity index (χ3v) is 3.58. The SMILES string of the molecule is O=C(NNC(=O)c1cccn1Cc1ccccc1)c1ccccc1. The standard InChI is InChI=1S/C19H17N3O2/c23-18(16-10-5-2-6-11-16)20-21-19(24)17-12-7-13-22(17)14-15-8-3-1-4-9-15/h1-13H,14H2,(H,20,23)(H,21,24). The summed E-state index contributed by atoms with van der Waals surface area (Å²) in [6.07, 6.45) is 1.83. The van der Waals surface area contributed by atoms with Crippen LogP contribution < -0.4 is 10.9 Å². The molecule has 5 heteroatoms. The lowest BCUT2D eigenvalue weighted by Gasteiger charge is -2.11. The predicted octanol–water partition coefficient (Wildman–Crippen LogP) is 2.61. The minimum absolute atomic E-state index is 0.356. The van der Waals surface area contributed by atoms with Crippen LogP contribution in [0.5, 0.6) is 0 Å². The number of hydrazine groups is 1. The van der Waals surface area contributed by atoms with Gasteiger partial charge in [-0.15, -0.1) is 0 Å². The minimum atomic E-state index is -0.361. The fourth-order valence-corrected chi connectivity index (χ4v) is 2.38. The number of nitrogens with zero attached hydrogens (tertiary/aromatic N) is 1. The van der Waals surface area contributed by atoms with Crippen LogP contribution in [0.25, 0.3) is 0 Å². The molecule has 0 unspecified atom stereocenters. The average molecular weight is 319 g/mol. The Kier molecular flexibility index (Phi) is 4.72. The van der Waals surface area contributed by atoms with Gasteiger partial charge in [-0.25, -0.2) is 0 Å².